The molecular weight excluding hydrogens is 270 g/mol. The molecule has 4 N–H and O–H groups in total. The Morgan fingerprint density at radius 3 is 2.71 bits per heavy atom. The third-order valence-corrected chi connectivity index (χ3v) is 3.52. The summed E-state index contributed by atoms with van der Waals surface area (Å²) in [6, 6.07) is 4.93. The van der Waals surface area contributed by atoms with E-state index in [9.17, 15) is 9.59 Å². The number of hydrogen-bond donors (Lipinski definition) is 3. The minimum atomic E-state index is -0.481. The van der Waals surface area contributed by atoms with Crippen LogP contribution in [0.5, 0.6) is 0 Å². The molecule has 0 bridgehead atoms. The number of benzene rings is 1. The van der Waals surface area contributed by atoms with Gasteiger partial charge in [-0.1, -0.05) is 0 Å². The van der Waals surface area contributed by atoms with Crippen molar-refractivity contribution in [1.29, 1.82) is 0 Å². The van der Waals surface area contributed by atoms with E-state index in [-0.39, 0.29) is 18.6 Å². The fraction of sp³-hybridized carbons (Fsp3) is 0.467. The quantitative estimate of drug-likeness (QED) is 0.748. The molecule has 0 spiro atoms. The van der Waals surface area contributed by atoms with E-state index in [1.54, 1.807) is 18.2 Å². The van der Waals surface area contributed by atoms with Crippen LogP contribution < -0.4 is 16.4 Å². The molecule has 1 aliphatic rings. The van der Waals surface area contributed by atoms with E-state index in [1.807, 2.05) is 6.92 Å². The van der Waals surface area contributed by atoms with Gasteiger partial charge in [0.1, 0.15) is 6.61 Å². The van der Waals surface area contributed by atoms with Gasteiger partial charge >= 0.3 is 0 Å². The van der Waals surface area contributed by atoms with Crippen molar-refractivity contribution >= 4 is 17.5 Å². The number of nitrogens with two attached hydrogens (primary N) is 1. The summed E-state index contributed by atoms with van der Waals surface area (Å²) in [5.41, 5.74) is 7.10. The molecule has 1 saturated heterocycles. The first-order valence-electron chi connectivity index (χ1n) is 7.09. The second kappa shape index (κ2) is 7.19. The number of ether oxygens (including phenoxy) is 1. The van der Waals surface area contributed by atoms with Gasteiger partial charge in [0, 0.05) is 11.3 Å². The highest BCUT2D eigenvalue weighted by Gasteiger charge is 2.15. The topological polar surface area (TPSA) is 93.5 Å². The van der Waals surface area contributed by atoms with Gasteiger partial charge < -0.3 is 21.1 Å². The molecule has 0 saturated carbocycles. The van der Waals surface area contributed by atoms with Gasteiger partial charge in [0.2, 0.25) is 11.8 Å². The van der Waals surface area contributed by atoms with Crippen LogP contribution in [0.25, 0.3) is 0 Å². The van der Waals surface area contributed by atoms with Crippen LogP contribution in [-0.4, -0.2) is 37.6 Å². The van der Waals surface area contributed by atoms with E-state index >= 15 is 0 Å². The molecule has 114 valence electrons. The predicted molar refractivity (Wildman–Crippen MR) is 80.2 cm³/mol. The van der Waals surface area contributed by atoms with Crippen molar-refractivity contribution in [3.8, 4) is 0 Å². The Kier molecular flexibility index (Phi) is 5.30. The van der Waals surface area contributed by atoms with E-state index < -0.39 is 5.91 Å². The molecule has 1 fully saturated rings. The van der Waals surface area contributed by atoms with Crippen LogP contribution in [0.3, 0.4) is 0 Å². The molecule has 0 atom stereocenters. The first-order chi connectivity index (χ1) is 10.1. The summed E-state index contributed by atoms with van der Waals surface area (Å²) in [4.78, 5) is 23.0. The summed E-state index contributed by atoms with van der Waals surface area (Å²) in [5.74, 6) is -0.673. The fourth-order valence-corrected chi connectivity index (χ4v) is 2.30. The molecule has 0 radical (unpaired) electrons. The summed E-state index contributed by atoms with van der Waals surface area (Å²) in [7, 11) is 0. The molecule has 1 aromatic carbocycles. The van der Waals surface area contributed by atoms with Crippen LogP contribution in [0.15, 0.2) is 18.2 Å². The summed E-state index contributed by atoms with van der Waals surface area (Å²) in [6.07, 6.45) is 2.01. The lowest BCUT2D eigenvalue weighted by Gasteiger charge is -2.22. The molecule has 6 nitrogen and oxygen atoms in total. The number of rotatable bonds is 5. The van der Waals surface area contributed by atoms with E-state index in [2.05, 4.69) is 10.6 Å². The van der Waals surface area contributed by atoms with E-state index in [1.165, 1.54) is 0 Å². The number of aryl methyl sites for hydroxylation is 1. The molecule has 1 aliphatic heterocycles. The first kappa shape index (κ1) is 15.5. The second-order valence-corrected chi connectivity index (χ2v) is 5.20. The molecular formula is C15H21N3O3. The van der Waals surface area contributed by atoms with Crippen LogP contribution >= 0.6 is 0 Å². The maximum Gasteiger partial charge on any atom is 0.250 e. The minimum Gasteiger partial charge on any atom is -0.368 e. The SMILES string of the molecule is Cc1cc(C(N)=O)ccc1NC(=O)COC1CCNCC1. The number of nitrogens with one attached hydrogen (secondary N) is 2. The Balaban J connectivity index is 1.85. The third kappa shape index (κ3) is 4.54. The molecule has 2 amide bonds. The van der Waals surface area contributed by atoms with Crippen molar-refractivity contribution in [2.45, 2.75) is 25.9 Å². The Morgan fingerprint density at radius 2 is 2.10 bits per heavy atom. The molecule has 2 rings (SSSR count). The highest BCUT2D eigenvalue weighted by Crippen LogP contribution is 2.16. The summed E-state index contributed by atoms with van der Waals surface area (Å²) < 4.78 is 5.59. The van der Waals surface area contributed by atoms with Gasteiger partial charge in [0.25, 0.3) is 0 Å². The average molecular weight is 291 g/mol. The number of carbonyl (C=O) groups excluding carboxylic acids is 2. The summed E-state index contributed by atoms with van der Waals surface area (Å²) >= 11 is 0. The highest BCUT2D eigenvalue weighted by atomic mass is 16.5. The monoisotopic (exact) mass is 291 g/mol. The standard InChI is InChI=1S/C15H21N3O3/c1-10-8-11(15(16)20)2-3-13(10)18-14(19)9-21-12-4-6-17-7-5-12/h2-3,8,12,17H,4-7,9H2,1H3,(H2,16,20)(H,18,19). The zero-order chi connectivity index (χ0) is 15.2. The van der Waals surface area contributed by atoms with Crippen LogP contribution in [0.1, 0.15) is 28.8 Å². The molecule has 0 aliphatic carbocycles. The van der Waals surface area contributed by atoms with E-state index in [4.69, 9.17) is 10.5 Å². The Hall–Kier alpha value is -1.92. The number of anilines is 1. The van der Waals surface area contributed by atoms with Gasteiger partial charge in [-0.2, -0.15) is 0 Å². The Morgan fingerprint density at radius 1 is 1.38 bits per heavy atom. The Labute approximate surface area is 124 Å². The molecule has 0 unspecified atom stereocenters. The van der Waals surface area contributed by atoms with Crippen LogP contribution in [0.4, 0.5) is 5.69 Å². The molecule has 1 heterocycles. The van der Waals surface area contributed by atoms with Crippen molar-refractivity contribution in [1.82, 2.24) is 5.32 Å². The average Bonchev–Trinajstić information content (AvgIpc) is 2.48. The van der Waals surface area contributed by atoms with Crippen LogP contribution in [-0.2, 0) is 9.53 Å². The lowest BCUT2D eigenvalue weighted by atomic mass is 10.1. The van der Waals surface area contributed by atoms with Gasteiger partial charge in [-0.15, -0.1) is 0 Å². The first-order valence-corrected chi connectivity index (χ1v) is 7.09. The molecule has 0 aromatic heterocycles. The van der Waals surface area contributed by atoms with Gasteiger partial charge in [-0.05, 0) is 56.6 Å². The molecule has 6 heteroatoms. The van der Waals surface area contributed by atoms with Crippen molar-refractivity contribution in [3.63, 3.8) is 0 Å². The van der Waals surface area contributed by atoms with Crippen LogP contribution in [0.2, 0.25) is 0 Å². The number of carbonyl (C=O) groups is 2. The maximum atomic E-state index is 11.9. The number of hydrogen-bond acceptors (Lipinski definition) is 4. The molecule has 1 aromatic rings. The second-order valence-electron chi connectivity index (χ2n) is 5.20. The van der Waals surface area contributed by atoms with Gasteiger partial charge in [-0.3, -0.25) is 9.59 Å². The Bertz CT molecular complexity index is 525. The normalized spacial score (nSPS) is 15.7. The van der Waals surface area contributed by atoms with Crippen molar-refractivity contribution in [3.05, 3.63) is 29.3 Å². The number of amides is 2. The highest BCUT2D eigenvalue weighted by molar-refractivity contribution is 5.96. The van der Waals surface area contributed by atoms with Crippen molar-refractivity contribution in [2.75, 3.05) is 25.0 Å². The van der Waals surface area contributed by atoms with E-state index in [0.29, 0.717) is 11.3 Å². The van der Waals surface area contributed by atoms with Crippen molar-refractivity contribution in [2.24, 2.45) is 5.73 Å². The number of piperidine rings is 1. The fourth-order valence-electron chi connectivity index (χ4n) is 2.30. The largest absolute Gasteiger partial charge is 0.368 e. The van der Waals surface area contributed by atoms with Gasteiger partial charge in [0.15, 0.2) is 0 Å². The third-order valence-electron chi connectivity index (χ3n) is 3.52. The smallest absolute Gasteiger partial charge is 0.250 e. The van der Waals surface area contributed by atoms with Crippen molar-refractivity contribution < 1.29 is 14.3 Å². The number of primary amides is 1. The summed E-state index contributed by atoms with van der Waals surface area (Å²) in [6.45, 7) is 3.72. The predicted octanol–water partition coefficient (Wildman–Crippen LogP) is 0.801. The van der Waals surface area contributed by atoms with E-state index in [0.717, 1.165) is 31.5 Å². The lowest BCUT2D eigenvalue weighted by molar-refractivity contribution is -0.123. The maximum absolute atomic E-state index is 11.9. The minimum absolute atomic E-state index is 0.0433. The van der Waals surface area contributed by atoms with Gasteiger partial charge in [-0.25, -0.2) is 0 Å². The zero-order valence-corrected chi connectivity index (χ0v) is 12.1. The lowest BCUT2D eigenvalue weighted by Crippen LogP contribution is -2.34. The molecule has 21 heavy (non-hydrogen) atoms. The van der Waals surface area contributed by atoms with Crippen LogP contribution in [0, 0.1) is 6.92 Å². The zero-order valence-electron chi connectivity index (χ0n) is 12.1. The summed E-state index contributed by atoms with van der Waals surface area (Å²) in [5, 5.41) is 6.03. The van der Waals surface area contributed by atoms with Gasteiger partial charge in [0.05, 0.1) is 6.10 Å².